The van der Waals surface area contributed by atoms with Gasteiger partial charge in [0, 0.05) is 36.3 Å². The molecule has 0 bridgehead atoms. The molecule has 3 amide bonds. The highest BCUT2D eigenvalue weighted by molar-refractivity contribution is 6.05. The normalized spacial score (nSPS) is 14.0. The van der Waals surface area contributed by atoms with Gasteiger partial charge in [0.2, 0.25) is 5.91 Å². The largest absolute Gasteiger partial charge is 0.360 e. The van der Waals surface area contributed by atoms with Crippen LogP contribution >= 0.6 is 0 Å². The van der Waals surface area contributed by atoms with Crippen LogP contribution in [0.15, 0.2) is 53.1 Å². The Bertz CT molecular complexity index is 1230. The second-order valence-corrected chi connectivity index (χ2v) is 8.34. The Kier molecular flexibility index (Phi) is 6.72. The number of carbonyl (C=O) groups excluding carboxylic acids is 3. The monoisotopic (exact) mass is 464 g/mol. The molecule has 0 atom stereocenters. The van der Waals surface area contributed by atoms with Crippen molar-refractivity contribution in [3.05, 3.63) is 76.8 Å². The highest BCUT2D eigenvalue weighted by Crippen LogP contribution is 2.24. The molecule has 0 saturated carbocycles. The minimum atomic E-state index is -0.615. The average molecular weight is 464 g/mol. The molecule has 0 aliphatic carbocycles. The van der Waals surface area contributed by atoms with E-state index in [0.717, 1.165) is 5.56 Å². The molecular weight excluding hydrogens is 439 g/mol. The van der Waals surface area contributed by atoms with E-state index >= 15 is 0 Å². The number of carbonyl (C=O) groups is 3. The van der Waals surface area contributed by atoms with Gasteiger partial charge in [0.25, 0.3) is 11.8 Å². The van der Waals surface area contributed by atoms with E-state index in [4.69, 9.17) is 4.52 Å². The van der Waals surface area contributed by atoms with Crippen LogP contribution in [0.2, 0.25) is 0 Å². The third-order valence-electron chi connectivity index (χ3n) is 5.88. The number of piperidine rings is 1. The molecule has 1 saturated heterocycles. The molecule has 2 N–H and O–H groups in total. The first-order valence-electron chi connectivity index (χ1n) is 11.0. The maximum Gasteiger partial charge on any atom is 0.258 e. The molecule has 0 spiro atoms. The van der Waals surface area contributed by atoms with Crippen LogP contribution in [0.1, 0.15) is 44.9 Å². The lowest BCUT2D eigenvalue weighted by Crippen LogP contribution is -2.41. The Hall–Kier alpha value is -4.01. The summed E-state index contributed by atoms with van der Waals surface area (Å²) >= 11 is 0. The summed E-state index contributed by atoms with van der Waals surface area (Å²) in [5.41, 5.74) is 1.53. The number of amides is 3. The smallest absolute Gasteiger partial charge is 0.258 e. The predicted octanol–water partition coefficient (Wildman–Crippen LogP) is 4.17. The van der Waals surface area contributed by atoms with Gasteiger partial charge in [-0.3, -0.25) is 14.4 Å². The van der Waals surface area contributed by atoms with Crippen LogP contribution < -0.4 is 10.6 Å². The van der Waals surface area contributed by atoms with Crippen LogP contribution in [0.4, 0.5) is 15.9 Å². The number of rotatable bonds is 5. The van der Waals surface area contributed by atoms with E-state index in [0.29, 0.717) is 48.8 Å². The highest BCUT2D eigenvalue weighted by atomic mass is 19.1. The van der Waals surface area contributed by atoms with Gasteiger partial charge in [0.15, 0.2) is 5.82 Å². The van der Waals surface area contributed by atoms with E-state index in [1.807, 2.05) is 0 Å². The fourth-order valence-corrected chi connectivity index (χ4v) is 3.91. The first kappa shape index (κ1) is 23.2. The first-order chi connectivity index (χ1) is 16.3. The standard InChI is InChI=1S/C25H25FN4O4/c1-15-7-8-18(14-21(15)27-24(32)19-5-3-4-6-20(19)26)25(33)30-11-9-17(10-12-30)23(31)28-22-13-16(2)34-29-22/h3-8,13-14,17H,9-12H2,1-2H3,(H,27,32)(H,28,29,31). The van der Waals surface area contributed by atoms with Gasteiger partial charge >= 0.3 is 0 Å². The molecule has 8 nitrogen and oxygen atoms in total. The maximum absolute atomic E-state index is 13.9. The van der Waals surface area contributed by atoms with E-state index in [2.05, 4.69) is 15.8 Å². The van der Waals surface area contributed by atoms with E-state index < -0.39 is 11.7 Å². The van der Waals surface area contributed by atoms with Crippen molar-refractivity contribution in [2.45, 2.75) is 26.7 Å². The Morgan fingerprint density at radius 3 is 2.44 bits per heavy atom. The number of likely N-dealkylation sites (tertiary alicyclic amines) is 1. The molecule has 1 aromatic heterocycles. The summed E-state index contributed by atoms with van der Waals surface area (Å²) in [5, 5.41) is 9.21. The zero-order valence-corrected chi connectivity index (χ0v) is 18.9. The average Bonchev–Trinajstić information content (AvgIpc) is 3.24. The summed E-state index contributed by atoms with van der Waals surface area (Å²) in [6.07, 6.45) is 1.05. The van der Waals surface area contributed by atoms with Gasteiger partial charge in [0.05, 0.1) is 5.56 Å². The van der Waals surface area contributed by atoms with Crippen LogP contribution in [0.3, 0.4) is 0 Å². The Morgan fingerprint density at radius 1 is 1.03 bits per heavy atom. The summed E-state index contributed by atoms with van der Waals surface area (Å²) in [6, 6.07) is 12.4. The Morgan fingerprint density at radius 2 is 1.76 bits per heavy atom. The molecule has 4 rings (SSSR count). The number of anilines is 2. The van der Waals surface area contributed by atoms with Gasteiger partial charge in [-0.1, -0.05) is 23.4 Å². The third-order valence-corrected chi connectivity index (χ3v) is 5.88. The van der Waals surface area contributed by atoms with Crippen molar-refractivity contribution < 1.29 is 23.3 Å². The van der Waals surface area contributed by atoms with Gasteiger partial charge < -0.3 is 20.1 Å². The number of nitrogens with one attached hydrogen (secondary N) is 2. The molecule has 176 valence electrons. The number of hydrogen-bond acceptors (Lipinski definition) is 5. The topological polar surface area (TPSA) is 105 Å². The first-order valence-corrected chi connectivity index (χ1v) is 11.0. The molecule has 3 aromatic rings. The van der Waals surface area contributed by atoms with E-state index in [-0.39, 0.29) is 23.3 Å². The summed E-state index contributed by atoms with van der Waals surface area (Å²) < 4.78 is 18.9. The minimum Gasteiger partial charge on any atom is -0.360 e. The van der Waals surface area contributed by atoms with Crippen LogP contribution in [0, 0.1) is 25.6 Å². The van der Waals surface area contributed by atoms with Gasteiger partial charge in [0.1, 0.15) is 11.6 Å². The molecular formula is C25H25FN4O4. The number of hydrogen-bond donors (Lipinski definition) is 2. The van der Waals surface area contributed by atoms with Gasteiger partial charge in [-0.05, 0) is 56.5 Å². The number of aryl methyl sites for hydroxylation is 2. The lowest BCUT2D eigenvalue weighted by Gasteiger charge is -2.31. The van der Waals surface area contributed by atoms with Crippen molar-refractivity contribution in [2.24, 2.45) is 5.92 Å². The van der Waals surface area contributed by atoms with Crippen LogP contribution in [-0.4, -0.2) is 40.9 Å². The van der Waals surface area contributed by atoms with Crippen molar-refractivity contribution in [3.63, 3.8) is 0 Å². The molecule has 1 aliphatic heterocycles. The zero-order valence-electron chi connectivity index (χ0n) is 18.9. The summed E-state index contributed by atoms with van der Waals surface area (Å²) in [5.74, 6) is -0.768. The van der Waals surface area contributed by atoms with Gasteiger partial charge in [-0.25, -0.2) is 4.39 Å². The Labute approximate surface area is 196 Å². The summed E-state index contributed by atoms with van der Waals surface area (Å²) in [7, 11) is 0. The predicted molar refractivity (Wildman–Crippen MR) is 124 cm³/mol. The van der Waals surface area contributed by atoms with Crippen LogP contribution in [-0.2, 0) is 4.79 Å². The molecule has 2 heterocycles. The zero-order chi connectivity index (χ0) is 24.2. The second-order valence-electron chi connectivity index (χ2n) is 8.34. The number of halogens is 1. The van der Waals surface area contributed by atoms with Gasteiger partial charge in [-0.15, -0.1) is 0 Å². The fraction of sp³-hybridized carbons (Fsp3) is 0.280. The molecule has 0 unspecified atom stereocenters. The molecule has 0 radical (unpaired) electrons. The second kappa shape index (κ2) is 9.86. The lowest BCUT2D eigenvalue weighted by atomic mass is 9.95. The van der Waals surface area contributed by atoms with Crippen molar-refractivity contribution >= 4 is 29.2 Å². The molecule has 34 heavy (non-hydrogen) atoms. The highest BCUT2D eigenvalue weighted by Gasteiger charge is 2.28. The Balaban J connectivity index is 1.38. The van der Waals surface area contributed by atoms with Crippen molar-refractivity contribution in [1.82, 2.24) is 10.1 Å². The fourth-order valence-electron chi connectivity index (χ4n) is 3.91. The molecule has 1 fully saturated rings. The third kappa shape index (κ3) is 5.14. The van der Waals surface area contributed by atoms with Crippen LogP contribution in [0.5, 0.6) is 0 Å². The molecule has 9 heteroatoms. The molecule has 1 aliphatic rings. The quantitative estimate of drug-likeness (QED) is 0.590. The van der Waals surface area contributed by atoms with E-state index in [9.17, 15) is 18.8 Å². The molecule has 2 aromatic carbocycles. The number of nitrogens with zero attached hydrogens (tertiary/aromatic N) is 2. The van der Waals surface area contributed by atoms with Crippen molar-refractivity contribution in [3.8, 4) is 0 Å². The SMILES string of the molecule is Cc1cc(NC(=O)C2CCN(C(=O)c3ccc(C)c(NC(=O)c4ccccc4F)c3)CC2)no1. The maximum atomic E-state index is 13.9. The lowest BCUT2D eigenvalue weighted by molar-refractivity contribution is -0.121. The van der Waals surface area contributed by atoms with Crippen molar-refractivity contribution in [1.29, 1.82) is 0 Å². The summed E-state index contributed by atoms with van der Waals surface area (Å²) in [6.45, 7) is 4.40. The van der Waals surface area contributed by atoms with Crippen LogP contribution in [0.25, 0.3) is 0 Å². The summed E-state index contributed by atoms with van der Waals surface area (Å²) in [4.78, 5) is 39.8. The van der Waals surface area contributed by atoms with E-state index in [1.165, 1.54) is 18.2 Å². The van der Waals surface area contributed by atoms with Gasteiger partial charge in [-0.2, -0.15) is 0 Å². The minimum absolute atomic E-state index is 0.0697. The van der Waals surface area contributed by atoms with Crippen molar-refractivity contribution in [2.75, 3.05) is 23.7 Å². The number of aromatic nitrogens is 1. The van der Waals surface area contributed by atoms with E-state index in [1.54, 1.807) is 49.1 Å². The number of benzene rings is 2.